The molecule has 0 bridgehead atoms. The molecular formula is C21H23N3O2. The molecule has 4 rings (SSSR count). The van der Waals surface area contributed by atoms with Crippen molar-refractivity contribution in [2.24, 2.45) is 0 Å². The van der Waals surface area contributed by atoms with Crippen LogP contribution in [-0.2, 0) is 6.54 Å². The third-order valence-corrected chi connectivity index (χ3v) is 5.17. The zero-order valence-corrected chi connectivity index (χ0v) is 14.7. The summed E-state index contributed by atoms with van der Waals surface area (Å²) >= 11 is 0. The number of aliphatic hydroxyl groups excluding tert-OH is 1. The van der Waals surface area contributed by atoms with Gasteiger partial charge in [-0.2, -0.15) is 0 Å². The van der Waals surface area contributed by atoms with Gasteiger partial charge < -0.3 is 5.11 Å². The minimum atomic E-state index is -0.461. The van der Waals surface area contributed by atoms with Crippen LogP contribution in [-0.4, -0.2) is 32.0 Å². The Bertz CT molecular complexity index is 939. The third-order valence-electron chi connectivity index (χ3n) is 5.17. The third kappa shape index (κ3) is 3.54. The lowest BCUT2D eigenvalue weighted by Gasteiger charge is -2.26. The number of aliphatic hydroxyl groups is 1. The van der Waals surface area contributed by atoms with Gasteiger partial charge in [-0.1, -0.05) is 36.4 Å². The summed E-state index contributed by atoms with van der Waals surface area (Å²) in [5.74, 6) is 0. The van der Waals surface area contributed by atoms with E-state index in [1.807, 2.05) is 48.5 Å². The number of pyridine rings is 1. The lowest BCUT2D eigenvalue weighted by molar-refractivity contribution is 0.117. The summed E-state index contributed by atoms with van der Waals surface area (Å²) in [6.07, 6.45) is 4.16. The molecule has 26 heavy (non-hydrogen) atoms. The van der Waals surface area contributed by atoms with Gasteiger partial charge in [-0.15, -0.1) is 0 Å². The molecule has 3 aromatic rings. The number of hydrogen-bond donors (Lipinski definition) is 1. The standard InChI is InChI=1S/C21H23N3O2/c25-19(16-7-2-1-3-8-16)14-18-9-6-11-23(18)15-17-13-21(26)24-12-5-4-10-20(24)22-17/h1-5,7-8,10,12-13,18-19,25H,6,9,11,14-15H2. The quantitative estimate of drug-likeness (QED) is 0.769. The lowest BCUT2D eigenvalue weighted by atomic mass is 10.0. The van der Waals surface area contributed by atoms with Gasteiger partial charge in [0.2, 0.25) is 0 Å². The second kappa shape index (κ2) is 7.40. The number of fused-ring (bicyclic) bond motifs is 1. The Hall–Kier alpha value is -2.50. The summed E-state index contributed by atoms with van der Waals surface area (Å²) in [6.45, 7) is 1.62. The van der Waals surface area contributed by atoms with Crippen LogP contribution in [0.4, 0.5) is 0 Å². The van der Waals surface area contributed by atoms with Crippen molar-refractivity contribution in [2.45, 2.75) is 38.0 Å². The van der Waals surface area contributed by atoms with Crippen LogP contribution in [0.1, 0.15) is 36.6 Å². The molecule has 2 unspecified atom stereocenters. The lowest BCUT2D eigenvalue weighted by Crippen LogP contribution is -2.31. The molecule has 1 aliphatic rings. The average Bonchev–Trinajstić information content (AvgIpc) is 3.09. The maximum absolute atomic E-state index is 12.3. The zero-order valence-electron chi connectivity index (χ0n) is 14.7. The Morgan fingerprint density at radius 2 is 1.96 bits per heavy atom. The molecule has 1 aromatic carbocycles. The van der Waals surface area contributed by atoms with Crippen LogP contribution in [0.15, 0.2) is 65.6 Å². The molecule has 0 radical (unpaired) electrons. The first-order valence-electron chi connectivity index (χ1n) is 9.15. The molecule has 1 N–H and O–H groups in total. The van der Waals surface area contributed by atoms with Crippen molar-refractivity contribution in [1.82, 2.24) is 14.3 Å². The average molecular weight is 349 g/mol. The molecule has 2 atom stereocenters. The fourth-order valence-electron chi connectivity index (χ4n) is 3.83. The van der Waals surface area contributed by atoms with E-state index < -0.39 is 6.10 Å². The van der Waals surface area contributed by atoms with Crippen LogP contribution in [0.5, 0.6) is 0 Å². The highest BCUT2D eigenvalue weighted by Gasteiger charge is 2.27. The Morgan fingerprint density at radius 1 is 1.15 bits per heavy atom. The van der Waals surface area contributed by atoms with E-state index >= 15 is 0 Å². The number of benzene rings is 1. The van der Waals surface area contributed by atoms with Gasteiger partial charge in [0.05, 0.1) is 11.8 Å². The Labute approximate surface area is 152 Å². The monoisotopic (exact) mass is 349 g/mol. The second-order valence-corrected chi connectivity index (χ2v) is 6.94. The molecule has 3 heterocycles. The van der Waals surface area contributed by atoms with Crippen molar-refractivity contribution in [1.29, 1.82) is 0 Å². The number of aromatic nitrogens is 2. The normalized spacial score (nSPS) is 19.0. The summed E-state index contributed by atoms with van der Waals surface area (Å²) in [5.41, 5.74) is 2.38. The van der Waals surface area contributed by atoms with E-state index in [-0.39, 0.29) is 5.56 Å². The predicted octanol–water partition coefficient (Wildman–Crippen LogP) is 2.78. The summed E-state index contributed by atoms with van der Waals surface area (Å²) in [4.78, 5) is 19.3. The van der Waals surface area contributed by atoms with Gasteiger partial charge in [-0.3, -0.25) is 14.1 Å². The van der Waals surface area contributed by atoms with E-state index in [1.54, 1.807) is 16.7 Å². The fourth-order valence-corrected chi connectivity index (χ4v) is 3.83. The van der Waals surface area contributed by atoms with Crippen LogP contribution in [0.25, 0.3) is 5.65 Å². The van der Waals surface area contributed by atoms with Gasteiger partial charge in [0.1, 0.15) is 5.65 Å². The highest BCUT2D eigenvalue weighted by Crippen LogP contribution is 2.28. The smallest absolute Gasteiger partial charge is 0.258 e. The molecule has 2 aromatic heterocycles. The maximum atomic E-state index is 12.3. The van der Waals surface area contributed by atoms with Gasteiger partial charge in [-0.05, 0) is 43.5 Å². The van der Waals surface area contributed by atoms with E-state index in [0.29, 0.717) is 24.7 Å². The highest BCUT2D eigenvalue weighted by molar-refractivity contribution is 5.38. The Balaban J connectivity index is 1.50. The number of nitrogens with zero attached hydrogens (tertiary/aromatic N) is 3. The molecule has 1 fully saturated rings. The molecule has 5 nitrogen and oxygen atoms in total. The molecule has 134 valence electrons. The summed E-state index contributed by atoms with van der Waals surface area (Å²) < 4.78 is 1.56. The zero-order chi connectivity index (χ0) is 17.9. The van der Waals surface area contributed by atoms with Crippen LogP contribution < -0.4 is 5.56 Å². The van der Waals surface area contributed by atoms with Crippen LogP contribution in [0, 0.1) is 0 Å². The van der Waals surface area contributed by atoms with E-state index in [4.69, 9.17) is 0 Å². The molecule has 5 heteroatoms. The van der Waals surface area contributed by atoms with Crippen LogP contribution in [0.2, 0.25) is 0 Å². The van der Waals surface area contributed by atoms with Crippen molar-refractivity contribution >= 4 is 5.65 Å². The van der Waals surface area contributed by atoms with Crippen molar-refractivity contribution in [3.63, 3.8) is 0 Å². The van der Waals surface area contributed by atoms with Crippen LogP contribution >= 0.6 is 0 Å². The molecule has 0 amide bonds. The Morgan fingerprint density at radius 3 is 2.81 bits per heavy atom. The summed E-state index contributed by atoms with van der Waals surface area (Å²) in [6, 6.07) is 17.3. The summed E-state index contributed by atoms with van der Waals surface area (Å²) in [7, 11) is 0. The van der Waals surface area contributed by atoms with Gasteiger partial charge in [0.15, 0.2) is 0 Å². The number of hydrogen-bond acceptors (Lipinski definition) is 4. The topological polar surface area (TPSA) is 57.8 Å². The number of likely N-dealkylation sites (tertiary alicyclic amines) is 1. The van der Waals surface area contributed by atoms with Crippen molar-refractivity contribution in [3.8, 4) is 0 Å². The van der Waals surface area contributed by atoms with Crippen molar-refractivity contribution < 1.29 is 5.11 Å². The molecular weight excluding hydrogens is 326 g/mol. The molecule has 1 aliphatic heterocycles. The largest absolute Gasteiger partial charge is 0.388 e. The van der Waals surface area contributed by atoms with Crippen molar-refractivity contribution in [3.05, 3.63) is 82.4 Å². The fraction of sp³-hybridized carbons (Fsp3) is 0.333. The second-order valence-electron chi connectivity index (χ2n) is 6.94. The van der Waals surface area contributed by atoms with E-state index in [0.717, 1.165) is 30.6 Å². The van der Waals surface area contributed by atoms with Gasteiger partial charge >= 0.3 is 0 Å². The number of rotatable bonds is 5. The molecule has 0 aliphatic carbocycles. The van der Waals surface area contributed by atoms with E-state index in [9.17, 15) is 9.90 Å². The highest BCUT2D eigenvalue weighted by atomic mass is 16.3. The van der Waals surface area contributed by atoms with E-state index in [1.165, 1.54) is 0 Å². The first kappa shape index (κ1) is 16.9. The Kier molecular flexibility index (Phi) is 4.82. The minimum absolute atomic E-state index is 0.0503. The van der Waals surface area contributed by atoms with Gasteiger partial charge in [-0.25, -0.2) is 4.98 Å². The molecule has 0 saturated carbocycles. The maximum Gasteiger partial charge on any atom is 0.258 e. The minimum Gasteiger partial charge on any atom is -0.388 e. The molecule has 1 saturated heterocycles. The first-order chi connectivity index (χ1) is 12.7. The predicted molar refractivity (Wildman–Crippen MR) is 101 cm³/mol. The first-order valence-corrected chi connectivity index (χ1v) is 9.15. The van der Waals surface area contributed by atoms with Crippen LogP contribution in [0.3, 0.4) is 0 Å². The molecule has 0 spiro atoms. The van der Waals surface area contributed by atoms with Crippen molar-refractivity contribution in [2.75, 3.05) is 6.54 Å². The van der Waals surface area contributed by atoms with Gasteiger partial charge in [0, 0.05) is 24.8 Å². The van der Waals surface area contributed by atoms with Gasteiger partial charge in [0.25, 0.3) is 5.56 Å². The summed E-state index contributed by atoms with van der Waals surface area (Å²) in [5, 5.41) is 10.6. The SMILES string of the molecule is O=c1cc(CN2CCCC2CC(O)c2ccccc2)nc2ccccn12. The van der Waals surface area contributed by atoms with E-state index in [2.05, 4.69) is 9.88 Å².